The summed E-state index contributed by atoms with van der Waals surface area (Å²) in [5.41, 5.74) is 1.60. The Kier molecular flexibility index (Phi) is 9.73. The maximum absolute atomic E-state index is 12.8. The van der Waals surface area contributed by atoms with E-state index in [0.29, 0.717) is 38.3 Å². The Bertz CT molecular complexity index is 1120. The summed E-state index contributed by atoms with van der Waals surface area (Å²) >= 11 is 5.15. The number of amides is 1. The van der Waals surface area contributed by atoms with Crippen LogP contribution >= 0.6 is 12.2 Å². The van der Waals surface area contributed by atoms with Gasteiger partial charge in [-0.1, -0.05) is 30.3 Å². The maximum Gasteiger partial charge on any atom is 0.306 e. The van der Waals surface area contributed by atoms with Crippen molar-refractivity contribution in [2.24, 2.45) is 0 Å². The van der Waals surface area contributed by atoms with Crippen molar-refractivity contribution in [1.82, 2.24) is 14.5 Å². The van der Waals surface area contributed by atoms with Gasteiger partial charge in [0, 0.05) is 44.7 Å². The van der Waals surface area contributed by atoms with Gasteiger partial charge in [-0.25, -0.2) is 8.42 Å². The summed E-state index contributed by atoms with van der Waals surface area (Å²) in [7, 11) is -1.59. The minimum absolute atomic E-state index is 0.0535. The molecule has 2 N–H and O–H groups in total. The zero-order chi connectivity index (χ0) is 25.3. The molecular weight excluding hydrogens is 488 g/mol. The predicted molar refractivity (Wildman–Crippen MR) is 137 cm³/mol. The molecule has 1 fully saturated rings. The Labute approximate surface area is 211 Å². The second-order valence-electron chi connectivity index (χ2n) is 8.19. The number of carbonyl (C=O) groups excluding carboxylic acids is 2. The van der Waals surface area contributed by atoms with Gasteiger partial charge in [-0.15, -0.1) is 0 Å². The summed E-state index contributed by atoms with van der Waals surface area (Å²) in [6, 6.07) is 15.9. The van der Waals surface area contributed by atoms with Crippen LogP contribution in [-0.2, 0) is 30.8 Å². The van der Waals surface area contributed by atoms with E-state index >= 15 is 0 Å². The van der Waals surface area contributed by atoms with Crippen molar-refractivity contribution in [3.63, 3.8) is 0 Å². The number of nitrogens with zero attached hydrogens (tertiary/aromatic N) is 2. The Hall–Kier alpha value is -2.86. The number of sulfonamides is 1. The van der Waals surface area contributed by atoms with E-state index in [1.165, 1.54) is 16.4 Å². The third kappa shape index (κ3) is 8.39. The summed E-state index contributed by atoms with van der Waals surface area (Å²) in [5, 5.41) is 5.41. The number of thiocarbonyl (C=S) groups is 1. The second kappa shape index (κ2) is 12.7. The molecule has 1 heterocycles. The fourth-order valence-electron chi connectivity index (χ4n) is 3.45. The highest BCUT2D eigenvalue weighted by atomic mass is 32.2. The first kappa shape index (κ1) is 26.7. The van der Waals surface area contributed by atoms with Crippen LogP contribution in [0.15, 0.2) is 59.5 Å². The summed E-state index contributed by atoms with van der Waals surface area (Å²) in [6.07, 6.45) is 0.499. The Balaban J connectivity index is 1.38. The van der Waals surface area contributed by atoms with Crippen LogP contribution in [0.2, 0.25) is 0 Å². The number of hydrogen-bond acceptors (Lipinski definition) is 7. The topological polar surface area (TPSA) is 108 Å². The van der Waals surface area contributed by atoms with Crippen molar-refractivity contribution in [1.29, 1.82) is 0 Å². The number of piperazine rings is 1. The molecule has 0 aliphatic carbocycles. The quantitative estimate of drug-likeness (QED) is 0.383. The molecule has 0 radical (unpaired) electrons. The molecule has 0 spiro atoms. The van der Waals surface area contributed by atoms with Crippen LogP contribution in [0.3, 0.4) is 0 Å². The molecule has 1 aliphatic heterocycles. The van der Waals surface area contributed by atoms with Crippen LogP contribution in [-0.4, -0.2) is 74.4 Å². The SMILES string of the molecule is CN1CCN(S(=O)(=O)c2ccc(NC(=S)NC(=O)CCC(=O)OCCc3ccccc3)cc2)CC1. The minimum Gasteiger partial charge on any atom is -0.465 e. The van der Waals surface area contributed by atoms with Gasteiger partial charge < -0.3 is 20.3 Å². The summed E-state index contributed by atoms with van der Waals surface area (Å²) < 4.78 is 32.3. The average molecular weight is 519 g/mol. The molecule has 0 atom stereocenters. The predicted octanol–water partition coefficient (Wildman–Crippen LogP) is 2.00. The highest BCUT2D eigenvalue weighted by Gasteiger charge is 2.27. The molecule has 2 aromatic carbocycles. The van der Waals surface area contributed by atoms with Crippen LogP contribution in [0.5, 0.6) is 0 Å². The van der Waals surface area contributed by atoms with Crippen LogP contribution in [0.25, 0.3) is 0 Å². The monoisotopic (exact) mass is 518 g/mol. The molecule has 1 aliphatic rings. The van der Waals surface area contributed by atoms with Gasteiger partial charge >= 0.3 is 5.97 Å². The molecule has 35 heavy (non-hydrogen) atoms. The fourth-order valence-corrected chi connectivity index (χ4v) is 5.11. The number of ether oxygens (including phenoxy) is 1. The lowest BCUT2D eigenvalue weighted by molar-refractivity contribution is -0.144. The molecular formula is C24H30N4O5S2. The minimum atomic E-state index is -3.56. The Morgan fingerprint density at radius 1 is 0.971 bits per heavy atom. The lowest BCUT2D eigenvalue weighted by Crippen LogP contribution is -2.46. The first-order chi connectivity index (χ1) is 16.7. The zero-order valence-electron chi connectivity index (χ0n) is 19.6. The van der Waals surface area contributed by atoms with Crippen LogP contribution in [0.4, 0.5) is 5.69 Å². The van der Waals surface area contributed by atoms with E-state index in [0.717, 1.165) is 5.56 Å². The number of nitrogens with one attached hydrogen (secondary N) is 2. The normalized spacial score (nSPS) is 14.8. The van der Waals surface area contributed by atoms with Crippen molar-refractivity contribution >= 4 is 44.9 Å². The molecule has 0 unspecified atom stereocenters. The smallest absolute Gasteiger partial charge is 0.306 e. The number of likely N-dealkylation sites (N-methyl/N-ethyl adjacent to an activating group) is 1. The molecule has 188 valence electrons. The van der Waals surface area contributed by atoms with Gasteiger partial charge in [0.2, 0.25) is 15.9 Å². The van der Waals surface area contributed by atoms with Gasteiger partial charge in [0.15, 0.2) is 5.11 Å². The number of benzene rings is 2. The van der Waals surface area contributed by atoms with Crippen LogP contribution in [0.1, 0.15) is 18.4 Å². The molecule has 0 saturated carbocycles. The fraction of sp³-hybridized carbons (Fsp3) is 0.375. The van der Waals surface area contributed by atoms with E-state index in [1.54, 1.807) is 12.1 Å². The Morgan fingerprint density at radius 2 is 1.63 bits per heavy atom. The highest BCUT2D eigenvalue weighted by molar-refractivity contribution is 7.89. The highest BCUT2D eigenvalue weighted by Crippen LogP contribution is 2.19. The maximum atomic E-state index is 12.8. The molecule has 11 heteroatoms. The first-order valence-electron chi connectivity index (χ1n) is 11.3. The summed E-state index contributed by atoms with van der Waals surface area (Å²) in [6.45, 7) is 2.55. The van der Waals surface area contributed by atoms with Gasteiger partial charge in [0.25, 0.3) is 0 Å². The number of hydrogen-bond donors (Lipinski definition) is 2. The molecule has 1 saturated heterocycles. The van der Waals surface area contributed by atoms with E-state index in [9.17, 15) is 18.0 Å². The first-order valence-corrected chi connectivity index (χ1v) is 13.2. The number of anilines is 1. The molecule has 0 aromatic heterocycles. The van der Waals surface area contributed by atoms with Crippen LogP contribution < -0.4 is 10.6 Å². The van der Waals surface area contributed by atoms with Gasteiger partial charge in [-0.3, -0.25) is 9.59 Å². The lowest BCUT2D eigenvalue weighted by Gasteiger charge is -2.31. The Morgan fingerprint density at radius 3 is 2.29 bits per heavy atom. The van der Waals surface area contributed by atoms with Crippen molar-refractivity contribution in [2.45, 2.75) is 24.2 Å². The van der Waals surface area contributed by atoms with Crippen LogP contribution in [0, 0.1) is 0 Å². The second-order valence-corrected chi connectivity index (χ2v) is 10.5. The molecule has 2 aromatic rings. The molecule has 9 nitrogen and oxygen atoms in total. The van der Waals surface area contributed by atoms with E-state index in [1.807, 2.05) is 37.4 Å². The summed E-state index contributed by atoms with van der Waals surface area (Å²) in [4.78, 5) is 26.2. The standard InChI is InChI=1S/C24H30N4O5S2/c1-27-14-16-28(17-15-27)35(31,32)21-9-7-20(8-10-21)25-24(34)26-22(29)11-12-23(30)33-18-13-19-5-3-2-4-6-19/h2-10H,11-18H2,1H3,(H2,25,26,29,34). The largest absolute Gasteiger partial charge is 0.465 e. The lowest BCUT2D eigenvalue weighted by atomic mass is 10.2. The van der Waals surface area contributed by atoms with Crippen molar-refractivity contribution < 1.29 is 22.7 Å². The third-order valence-electron chi connectivity index (χ3n) is 5.52. The van der Waals surface area contributed by atoms with Crippen molar-refractivity contribution in [2.75, 3.05) is 45.2 Å². The molecule has 1 amide bonds. The molecule has 3 rings (SSSR count). The van der Waals surface area contributed by atoms with Crippen molar-refractivity contribution in [3.8, 4) is 0 Å². The van der Waals surface area contributed by atoms with Gasteiger partial charge in [0.05, 0.1) is 17.9 Å². The average Bonchev–Trinajstić information content (AvgIpc) is 2.84. The van der Waals surface area contributed by atoms with Gasteiger partial charge in [-0.05, 0) is 49.1 Å². The third-order valence-corrected chi connectivity index (χ3v) is 7.63. The number of esters is 1. The van der Waals surface area contributed by atoms with Gasteiger partial charge in [0.1, 0.15) is 0 Å². The van der Waals surface area contributed by atoms with Gasteiger partial charge in [-0.2, -0.15) is 4.31 Å². The van der Waals surface area contributed by atoms with E-state index in [4.69, 9.17) is 17.0 Å². The molecule has 0 bridgehead atoms. The van der Waals surface area contributed by atoms with E-state index in [2.05, 4.69) is 15.5 Å². The summed E-state index contributed by atoms with van der Waals surface area (Å²) in [5.74, 6) is -0.871. The van der Waals surface area contributed by atoms with E-state index in [-0.39, 0.29) is 29.5 Å². The number of rotatable bonds is 9. The zero-order valence-corrected chi connectivity index (χ0v) is 21.2. The van der Waals surface area contributed by atoms with E-state index < -0.39 is 21.9 Å². The number of carbonyl (C=O) groups is 2. The van der Waals surface area contributed by atoms with Crippen molar-refractivity contribution in [3.05, 3.63) is 60.2 Å².